The molecule has 6 heteroatoms. The Morgan fingerprint density at radius 3 is 3.17 bits per heavy atom. The summed E-state index contributed by atoms with van der Waals surface area (Å²) < 4.78 is 0. The molecule has 2 N–H and O–H groups in total. The Balaban J connectivity index is 2.02. The van der Waals surface area contributed by atoms with Crippen LogP contribution >= 0.6 is 11.3 Å². The van der Waals surface area contributed by atoms with E-state index >= 15 is 0 Å². The van der Waals surface area contributed by atoms with Crippen LogP contribution in [0.15, 0.2) is 11.4 Å². The second kappa shape index (κ2) is 4.70. The van der Waals surface area contributed by atoms with Crippen molar-refractivity contribution in [2.24, 2.45) is 5.92 Å². The molecule has 0 aliphatic carbocycles. The Bertz CT molecular complexity index is 556. The quantitative estimate of drug-likeness (QED) is 0.881. The van der Waals surface area contributed by atoms with Crippen LogP contribution in [0.4, 0.5) is 11.8 Å². The summed E-state index contributed by atoms with van der Waals surface area (Å²) in [5.41, 5.74) is 0. The van der Waals surface area contributed by atoms with Crippen molar-refractivity contribution in [3.8, 4) is 0 Å². The number of nitrogens with one attached hydrogen (secondary N) is 1. The monoisotopic (exact) mass is 264 g/mol. The molecule has 1 unspecified atom stereocenters. The summed E-state index contributed by atoms with van der Waals surface area (Å²) in [6.07, 6.45) is 1.03. The molecule has 0 aromatic carbocycles. The molecule has 1 fully saturated rings. The number of hydrogen-bond acceptors (Lipinski definition) is 6. The molecule has 0 radical (unpaired) electrons. The van der Waals surface area contributed by atoms with E-state index in [1.807, 2.05) is 12.4 Å². The second-order valence-corrected chi connectivity index (χ2v) is 5.44. The molecule has 3 rings (SSSR count). The third-order valence-electron chi connectivity index (χ3n) is 3.37. The summed E-state index contributed by atoms with van der Waals surface area (Å²) in [5, 5.41) is 15.4. The molecule has 2 aromatic rings. The van der Waals surface area contributed by atoms with Gasteiger partial charge in [0.25, 0.3) is 0 Å². The largest absolute Gasteiger partial charge is 0.396 e. The molecule has 96 valence electrons. The minimum Gasteiger partial charge on any atom is -0.396 e. The van der Waals surface area contributed by atoms with Crippen molar-refractivity contribution < 1.29 is 5.11 Å². The van der Waals surface area contributed by atoms with Gasteiger partial charge in [-0.05, 0) is 17.9 Å². The highest BCUT2D eigenvalue weighted by Crippen LogP contribution is 2.31. The molecule has 0 amide bonds. The molecular weight excluding hydrogens is 248 g/mol. The topological polar surface area (TPSA) is 61.3 Å². The van der Waals surface area contributed by atoms with Crippen LogP contribution in [0.2, 0.25) is 0 Å². The van der Waals surface area contributed by atoms with Crippen LogP contribution in [0, 0.1) is 5.92 Å². The van der Waals surface area contributed by atoms with Gasteiger partial charge in [0.15, 0.2) is 0 Å². The maximum Gasteiger partial charge on any atom is 0.225 e. The number of fused-ring (bicyclic) bond motifs is 1. The lowest BCUT2D eigenvalue weighted by Crippen LogP contribution is -2.22. The van der Waals surface area contributed by atoms with E-state index in [1.54, 1.807) is 11.3 Å². The summed E-state index contributed by atoms with van der Waals surface area (Å²) in [6, 6.07) is 2.07. The first kappa shape index (κ1) is 11.7. The van der Waals surface area contributed by atoms with Crippen LogP contribution in [0.25, 0.3) is 10.2 Å². The summed E-state index contributed by atoms with van der Waals surface area (Å²) in [4.78, 5) is 12.3. The summed E-state index contributed by atoms with van der Waals surface area (Å²) in [7, 11) is 1.83. The number of aliphatic hydroxyl groups is 1. The lowest BCUT2D eigenvalue weighted by molar-refractivity contribution is 0.238. The maximum absolute atomic E-state index is 9.24. The zero-order valence-corrected chi connectivity index (χ0v) is 11.1. The lowest BCUT2D eigenvalue weighted by Gasteiger charge is -2.18. The number of nitrogens with zero attached hydrogens (tertiary/aromatic N) is 3. The molecule has 5 nitrogen and oxygen atoms in total. The van der Waals surface area contributed by atoms with Crippen molar-refractivity contribution in [1.29, 1.82) is 0 Å². The van der Waals surface area contributed by atoms with Gasteiger partial charge in [0.1, 0.15) is 10.6 Å². The summed E-state index contributed by atoms with van der Waals surface area (Å²) >= 11 is 1.63. The third kappa shape index (κ3) is 1.91. The first-order valence-electron chi connectivity index (χ1n) is 6.10. The predicted octanol–water partition coefficient (Wildman–Crippen LogP) is 1.55. The second-order valence-electron chi connectivity index (χ2n) is 4.54. The number of aliphatic hydroxyl groups excluding tert-OH is 1. The highest BCUT2D eigenvalue weighted by atomic mass is 32.1. The van der Waals surface area contributed by atoms with E-state index in [-0.39, 0.29) is 6.61 Å². The summed E-state index contributed by atoms with van der Waals surface area (Å²) in [6.45, 7) is 2.09. The molecule has 1 atom stereocenters. The van der Waals surface area contributed by atoms with E-state index in [9.17, 15) is 5.11 Å². The predicted molar refractivity (Wildman–Crippen MR) is 74.4 cm³/mol. The van der Waals surface area contributed by atoms with E-state index in [4.69, 9.17) is 0 Å². The standard InChI is InChI=1S/C12H16N4OS/c1-13-12-14-10(9-3-5-18-11(9)15-12)16-4-2-8(6-16)7-17/h3,5,8,17H,2,4,6-7H2,1H3,(H,13,14,15). The zero-order chi connectivity index (χ0) is 12.5. The van der Waals surface area contributed by atoms with Crippen LogP contribution in [-0.2, 0) is 0 Å². The van der Waals surface area contributed by atoms with Crippen LogP contribution in [0.3, 0.4) is 0 Å². The first-order chi connectivity index (χ1) is 8.81. The highest BCUT2D eigenvalue weighted by Gasteiger charge is 2.25. The third-order valence-corrected chi connectivity index (χ3v) is 4.18. The Hall–Kier alpha value is -1.40. The summed E-state index contributed by atoms with van der Waals surface area (Å²) in [5.74, 6) is 2.01. The number of rotatable bonds is 3. The van der Waals surface area contributed by atoms with Crippen molar-refractivity contribution >= 4 is 33.3 Å². The SMILES string of the molecule is CNc1nc(N2CCC(CO)C2)c2ccsc2n1. The van der Waals surface area contributed by atoms with Gasteiger partial charge in [0.2, 0.25) is 5.95 Å². The molecule has 0 bridgehead atoms. The van der Waals surface area contributed by atoms with E-state index < -0.39 is 0 Å². The molecule has 1 aliphatic heterocycles. The normalized spacial score (nSPS) is 19.7. The van der Waals surface area contributed by atoms with Gasteiger partial charge in [-0.1, -0.05) is 0 Å². The van der Waals surface area contributed by atoms with Gasteiger partial charge in [-0.3, -0.25) is 0 Å². The van der Waals surface area contributed by atoms with Crippen molar-refractivity contribution in [3.63, 3.8) is 0 Å². The first-order valence-corrected chi connectivity index (χ1v) is 6.98. The van der Waals surface area contributed by atoms with Crippen LogP contribution in [0.1, 0.15) is 6.42 Å². The number of thiophene rings is 1. The van der Waals surface area contributed by atoms with Gasteiger partial charge in [-0.2, -0.15) is 4.98 Å². The van der Waals surface area contributed by atoms with E-state index in [0.29, 0.717) is 11.9 Å². The minimum absolute atomic E-state index is 0.257. The average molecular weight is 264 g/mol. The smallest absolute Gasteiger partial charge is 0.225 e. The van der Waals surface area contributed by atoms with Gasteiger partial charge in [0.05, 0.1) is 5.39 Å². The van der Waals surface area contributed by atoms with Gasteiger partial charge in [-0.15, -0.1) is 11.3 Å². The molecule has 2 aromatic heterocycles. The number of aromatic nitrogens is 2. The Kier molecular flexibility index (Phi) is 3.05. The van der Waals surface area contributed by atoms with E-state index in [0.717, 1.165) is 35.5 Å². The van der Waals surface area contributed by atoms with Crippen molar-refractivity contribution in [2.75, 3.05) is 37.0 Å². The van der Waals surface area contributed by atoms with E-state index in [2.05, 4.69) is 26.3 Å². The molecule has 0 spiro atoms. The Morgan fingerprint density at radius 1 is 1.56 bits per heavy atom. The van der Waals surface area contributed by atoms with Crippen molar-refractivity contribution in [2.45, 2.75) is 6.42 Å². The Labute approximate surface area is 109 Å². The van der Waals surface area contributed by atoms with Gasteiger partial charge in [0, 0.05) is 32.7 Å². The maximum atomic E-state index is 9.24. The fourth-order valence-corrected chi connectivity index (χ4v) is 3.13. The number of hydrogen-bond donors (Lipinski definition) is 2. The van der Waals surface area contributed by atoms with Gasteiger partial charge < -0.3 is 15.3 Å². The molecule has 3 heterocycles. The molecule has 0 saturated carbocycles. The Morgan fingerprint density at radius 2 is 2.44 bits per heavy atom. The van der Waals surface area contributed by atoms with Crippen molar-refractivity contribution in [1.82, 2.24) is 9.97 Å². The molecule has 18 heavy (non-hydrogen) atoms. The zero-order valence-electron chi connectivity index (χ0n) is 10.3. The van der Waals surface area contributed by atoms with Crippen LogP contribution in [0.5, 0.6) is 0 Å². The van der Waals surface area contributed by atoms with Crippen molar-refractivity contribution in [3.05, 3.63) is 11.4 Å². The van der Waals surface area contributed by atoms with Crippen LogP contribution in [-0.4, -0.2) is 41.8 Å². The molecule has 1 aliphatic rings. The van der Waals surface area contributed by atoms with E-state index in [1.165, 1.54) is 0 Å². The van der Waals surface area contributed by atoms with Gasteiger partial charge >= 0.3 is 0 Å². The van der Waals surface area contributed by atoms with Gasteiger partial charge in [-0.25, -0.2) is 4.98 Å². The average Bonchev–Trinajstić information content (AvgIpc) is 3.05. The molecule has 1 saturated heterocycles. The fourth-order valence-electron chi connectivity index (χ4n) is 2.37. The fraction of sp³-hybridized carbons (Fsp3) is 0.500. The molecular formula is C12H16N4OS. The van der Waals surface area contributed by atoms with Crippen LogP contribution < -0.4 is 10.2 Å². The lowest BCUT2D eigenvalue weighted by atomic mass is 10.1. The number of anilines is 2. The highest BCUT2D eigenvalue weighted by molar-refractivity contribution is 7.16. The minimum atomic E-state index is 0.257.